The number of hydrogen-bond acceptors (Lipinski definition) is 5. The van der Waals surface area contributed by atoms with E-state index in [9.17, 15) is 23.1 Å². The minimum absolute atomic E-state index is 0.111. The average Bonchev–Trinajstić information content (AvgIpc) is 2.69. The van der Waals surface area contributed by atoms with Crippen molar-refractivity contribution in [3.8, 4) is 0 Å². The lowest BCUT2D eigenvalue weighted by molar-refractivity contribution is -0.148. The largest absolute Gasteiger partial charge is 0.453 e. The van der Waals surface area contributed by atoms with Crippen LogP contribution in [0.15, 0.2) is 12.0 Å². The number of urea groups is 1. The lowest BCUT2D eigenvalue weighted by atomic mass is 10.2. The molecule has 3 atom stereocenters. The summed E-state index contributed by atoms with van der Waals surface area (Å²) in [6.07, 6.45) is -7.53. The van der Waals surface area contributed by atoms with Gasteiger partial charge in [-0.2, -0.15) is 18.7 Å². The molecule has 0 spiro atoms. The van der Waals surface area contributed by atoms with Gasteiger partial charge in [-0.3, -0.25) is 4.90 Å². The van der Waals surface area contributed by atoms with Crippen LogP contribution in [0.25, 0.3) is 0 Å². The fraction of sp³-hybridized carbons (Fsp3) is 0.667. The highest BCUT2D eigenvalue weighted by Crippen LogP contribution is 2.31. The summed E-state index contributed by atoms with van der Waals surface area (Å²) in [4.78, 5) is 16.1. The van der Waals surface area contributed by atoms with Crippen LogP contribution in [0.5, 0.6) is 0 Å². The highest BCUT2D eigenvalue weighted by atomic mass is 19.4. The van der Waals surface area contributed by atoms with Gasteiger partial charge in [-0.1, -0.05) is 0 Å². The Balaban J connectivity index is 2.16. The van der Waals surface area contributed by atoms with E-state index >= 15 is 0 Å². The van der Waals surface area contributed by atoms with Crippen LogP contribution in [-0.4, -0.2) is 52.4 Å². The molecule has 0 bridgehead atoms. The van der Waals surface area contributed by atoms with E-state index in [-0.39, 0.29) is 6.42 Å². The van der Waals surface area contributed by atoms with Crippen LogP contribution in [0.2, 0.25) is 0 Å². The third kappa shape index (κ3) is 2.74. The summed E-state index contributed by atoms with van der Waals surface area (Å²) >= 11 is 0. The summed E-state index contributed by atoms with van der Waals surface area (Å²) in [6.45, 7) is -0.501. The van der Waals surface area contributed by atoms with Gasteiger partial charge in [-0.15, -0.1) is 0 Å². The number of hydrogen-bond donors (Lipinski definition) is 3. The van der Waals surface area contributed by atoms with Gasteiger partial charge in [0, 0.05) is 6.42 Å². The third-order valence-electron chi connectivity index (χ3n) is 2.71. The molecule has 10 heteroatoms. The minimum atomic E-state index is -4.76. The highest BCUT2D eigenvalue weighted by molar-refractivity contribution is 5.75. The quantitative estimate of drug-likeness (QED) is 0.654. The summed E-state index contributed by atoms with van der Waals surface area (Å²) in [6, 6.07) is -0.955. The van der Waals surface area contributed by atoms with Gasteiger partial charge in [0.05, 0.1) is 18.9 Å². The van der Waals surface area contributed by atoms with Gasteiger partial charge in [-0.25, -0.2) is 4.79 Å². The van der Waals surface area contributed by atoms with Crippen LogP contribution >= 0.6 is 0 Å². The number of carbonyl (C=O) groups excluding carboxylic acids is 1. The number of aliphatic hydroxyl groups is 2. The third-order valence-corrected chi connectivity index (χ3v) is 2.71. The first-order valence-corrected chi connectivity index (χ1v) is 5.31. The summed E-state index contributed by atoms with van der Waals surface area (Å²) in [5.74, 6) is -1.40. The first-order valence-electron chi connectivity index (χ1n) is 5.31. The predicted molar refractivity (Wildman–Crippen MR) is 52.0 cm³/mol. The van der Waals surface area contributed by atoms with Gasteiger partial charge in [0.2, 0.25) is 0 Å². The second-order valence-electron chi connectivity index (χ2n) is 4.02. The van der Waals surface area contributed by atoms with Crippen LogP contribution in [0.4, 0.5) is 18.0 Å². The number of alkyl halides is 3. The van der Waals surface area contributed by atoms with Gasteiger partial charge >= 0.3 is 12.2 Å². The van der Waals surface area contributed by atoms with Crippen LogP contribution in [0.1, 0.15) is 6.42 Å². The first kappa shape index (κ1) is 13.9. The number of halogens is 3. The summed E-state index contributed by atoms with van der Waals surface area (Å²) < 4.78 is 42.4. The molecule has 2 aliphatic heterocycles. The van der Waals surface area contributed by atoms with E-state index in [2.05, 4.69) is 4.84 Å². The molecule has 0 saturated carbocycles. The maximum absolute atomic E-state index is 12.4. The summed E-state index contributed by atoms with van der Waals surface area (Å²) in [7, 11) is 0. The molecule has 19 heavy (non-hydrogen) atoms. The molecule has 0 aromatic carbocycles. The van der Waals surface area contributed by atoms with E-state index in [0.29, 0.717) is 11.1 Å². The normalized spacial score (nSPS) is 31.8. The maximum atomic E-state index is 12.4. The van der Waals surface area contributed by atoms with Crippen molar-refractivity contribution in [2.75, 3.05) is 6.61 Å². The lowest BCUT2D eigenvalue weighted by Gasteiger charge is -2.30. The van der Waals surface area contributed by atoms with Gasteiger partial charge < -0.3 is 19.8 Å². The molecule has 1 saturated heterocycles. The van der Waals surface area contributed by atoms with E-state index in [1.165, 1.54) is 0 Å². The second kappa shape index (κ2) is 4.87. The molecule has 2 aliphatic rings. The van der Waals surface area contributed by atoms with E-state index in [1.807, 2.05) is 0 Å². The molecule has 1 fully saturated rings. The van der Waals surface area contributed by atoms with Crippen LogP contribution in [0, 0.1) is 0 Å². The predicted octanol–water partition coefficient (Wildman–Crippen LogP) is -0.185. The van der Waals surface area contributed by atoms with Crippen molar-refractivity contribution in [1.82, 2.24) is 10.4 Å². The van der Waals surface area contributed by atoms with Crippen molar-refractivity contribution < 1.29 is 37.8 Å². The van der Waals surface area contributed by atoms with E-state index in [1.54, 1.807) is 5.48 Å². The van der Waals surface area contributed by atoms with Crippen LogP contribution in [-0.2, 0) is 9.57 Å². The summed E-state index contributed by atoms with van der Waals surface area (Å²) in [5, 5.41) is 18.4. The fourth-order valence-corrected chi connectivity index (χ4v) is 1.76. The number of ether oxygens (including phenoxy) is 1. The molecule has 2 heterocycles. The van der Waals surface area contributed by atoms with Crippen molar-refractivity contribution in [3.05, 3.63) is 12.0 Å². The highest BCUT2D eigenvalue weighted by Gasteiger charge is 2.44. The number of rotatable bonds is 2. The Morgan fingerprint density at radius 2 is 2.21 bits per heavy atom. The molecule has 0 aliphatic carbocycles. The van der Waals surface area contributed by atoms with Gasteiger partial charge in [0.25, 0.3) is 5.76 Å². The lowest BCUT2D eigenvalue weighted by Crippen LogP contribution is -2.47. The van der Waals surface area contributed by atoms with Crippen molar-refractivity contribution in [1.29, 1.82) is 0 Å². The molecule has 108 valence electrons. The van der Waals surface area contributed by atoms with Gasteiger partial charge in [-0.05, 0) is 0 Å². The smallest absolute Gasteiger partial charge is 0.394 e. The number of aliphatic hydroxyl groups excluding tert-OH is 2. The van der Waals surface area contributed by atoms with Crippen LogP contribution in [0.3, 0.4) is 0 Å². The molecule has 3 N–H and O–H groups in total. The molecule has 0 aromatic heterocycles. The molecule has 2 rings (SSSR count). The van der Waals surface area contributed by atoms with Crippen molar-refractivity contribution >= 4 is 6.03 Å². The fourth-order valence-electron chi connectivity index (χ4n) is 1.76. The zero-order valence-corrected chi connectivity index (χ0v) is 9.42. The van der Waals surface area contributed by atoms with Crippen molar-refractivity contribution in [2.45, 2.75) is 31.0 Å². The minimum Gasteiger partial charge on any atom is -0.394 e. The van der Waals surface area contributed by atoms with Crippen molar-refractivity contribution in [2.24, 2.45) is 0 Å². The molecule has 0 aromatic rings. The maximum Gasteiger partial charge on any atom is 0.453 e. The van der Waals surface area contributed by atoms with Gasteiger partial charge in [0.1, 0.15) is 12.3 Å². The molecule has 2 amide bonds. The topological polar surface area (TPSA) is 91.3 Å². The first-order chi connectivity index (χ1) is 8.82. The Bertz CT molecular complexity index is 400. The summed E-state index contributed by atoms with van der Waals surface area (Å²) in [5.41, 5.74) is 1.59. The molecular formula is C9H11F3N2O5. The molecule has 0 radical (unpaired) electrons. The molecular weight excluding hydrogens is 273 g/mol. The Kier molecular flexibility index (Phi) is 3.56. The Morgan fingerprint density at radius 3 is 2.74 bits per heavy atom. The average molecular weight is 284 g/mol. The SMILES string of the molecule is O=C1NOC(C(F)(F)F)=CN1C1CC(O)C(CO)O1. The number of allylic oxidation sites excluding steroid dienone is 1. The van der Waals surface area contributed by atoms with E-state index in [0.717, 1.165) is 0 Å². The number of hydroxylamine groups is 1. The standard InChI is InChI=1S/C9H11F3N2O5/c10-9(11,12)6-2-14(8(17)13-19-6)7-1-4(16)5(3-15)18-7/h2,4-5,7,15-16H,1,3H2,(H,13,17). The Labute approximate surface area is 105 Å². The Morgan fingerprint density at radius 1 is 1.53 bits per heavy atom. The monoisotopic (exact) mass is 284 g/mol. The second-order valence-corrected chi connectivity index (χ2v) is 4.02. The number of nitrogens with zero attached hydrogens (tertiary/aromatic N) is 1. The molecule has 3 unspecified atom stereocenters. The molecule has 7 nitrogen and oxygen atoms in total. The Hall–Kier alpha value is -1.52. The number of amides is 2. The van der Waals surface area contributed by atoms with E-state index < -0.39 is 43.0 Å². The number of carbonyl (C=O) groups is 1. The van der Waals surface area contributed by atoms with Crippen molar-refractivity contribution in [3.63, 3.8) is 0 Å². The van der Waals surface area contributed by atoms with E-state index in [4.69, 9.17) is 9.84 Å². The number of nitrogens with one attached hydrogen (secondary N) is 1. The zero-order valence-electron chi connectivity index (χ0n) is 9.42. The van der Waals surface area contributed by atoms with Gasteiger partial charge in [0.15, 0.2) is 0 Å². The zero-order chi connectivity index (χ0) is 14.2. The van der Waals surface area contributed by atoms with Crippen LogP contribution < -0.4 is 5.48 Å².